The Morgan fingerprint density at radius 2 is 1.69 bits per heavy atom. The van der Waals surface area contributed by atoms with E-state index in [2.05, 4.69) is 0 Å². The highest BCUT2D eigenvalue weighted by Gasteiger charge is 2.32. The zero-order chi connectivity index (χ0) is 25.3. The van der Waals surface area contributed by atoms with Gasteiger partial charge in [-0.05, 0) is 50.3 Å². The Balaban J connectivity index is 1.91. The van der Waals surface area contributed by atoms with E-state index in [0.29, 0.717) is 43.8 Å². The van der Waals surface area contributed by atoms with Gasteiger partial charge in [0.15, 0.2) is 0 Å². The van der Waals surface area contributed by atoms with Crippen molar-refractivity contribution in [3.8, 4) is 5.75 Å². The Morgan fingerprint density at radius 3 is 2.40 bits per heavy atom. The lowest BCUT2D eigenvalue weighted by molar-refractivity contribution is -0.150. The number of carbonyl (C=O) groups excluding carboxylic acids is 2. The molecule has 0 aliphatic carbocycles. The Hall–Kier alpha value is -3.03. The van der Waals surface area contributed by atoms with Crippen molar-refractivity contribution in [1.29, 1.82) is 0 Å². The van der Waals surface area contributed by atoms with E-state index in [4.69, 9.17) is 4.74 Å². The van der Waals surface area contributed by atoms with Gasteiger partial charge in [-0.3, -0.25) is 9.59 Å². The summed E-state index contributed by atoms with van der Waals surface area (Å²) in [6.45, 7) is 3.48. The normalized spacial score (nSPS) is 18.1. The van der Waals surface area contributed by atoms with E-state index in [1.807, 2.05) is 37.3 Å². The topological polar surface area (TPSA) is 49.9 Å². The smallest absolute Gasteiger partial charge is 0.389 e. The van der Waals surface area contributed by atoms with E-state index in [1.54, 1.807) is 34.1 Å². The molecule has 8 heteroatoms. The van der Waals surface area contributed by atoms with Crippen LogP contribution in [0.3, 0.4) is 0 Å². The van der Waals surface area contributed by atoms with Crippen LogP contribution in [0.5, 0.6) is 5.75 Å². The first-order chi connectivity index (χ1) is 16.8. The first kappa shape index (κ1) is 26.6. The Kier molecular flexibility index (Phi) is 9.57. The largest absolute Gasteiger partial charge is 0.491 e. The van der Waals surface area contributed by atoms with E-state index in [-0.39, 0.29) is 12.5 Å². The molecular formula is C27H33F3N2O3. The number of halogens is 3. The number of alkyl halides is 3. The van der Waals surface area contributed by atoms with Crippen LogP contribution in [0.4, 0.5) is 13.2 Å². The molecule has 2 aromatic carbocycles. The van der Waals surface area contributed by atoms with Crippen molar-refractivity contribution in [3.05, 3.63) is 65.7 Å². The SMILES string of the molecule is CCN1CCCCCN(C(=O)CCC(F)(F)F)[C@@H](Cc2ccccc2)COc2ccccc2C1=O. The van der Waals surface area contributed by atoms with Gasteiger partial charge in [-0.15, -0.1) is 0 Å². The number of amides is 2. The maximum absolute atomic E-state index is 13.2. The summed E-state index contributed by atoms with van der Waals surface area (Å²) in [4.78, 5) is 29.5. The monoisotopic (exact) mass is 490 g/mol. The second kappa shape index (κ2) is 12.6. The predicted molar refractivity (Wildman–Crippen MR) is 128 cm³/mol. The number of nitrogens with zero attached hydrogens (tertiary/aromatic N) is 2. The highest BCUT2D eigenvalue weighted by molar-refractivity contribution is 5.96. The van der Waals surface area contributed by atoms with Gasteiger partial charge in [0.2, 0.25) is 5.91 Å². The first-order valence-corrected chi connectivity index (χ1v) is 12.2. The molecular weight excluding hydrogens is 457 g/mol. The van der Waals surface area contributed by atoms with Crippen molar-refractivity contribution in [2.24, 2.45) is 0 Å². The number of benzene rings is 2. The molecule has 0 fully saturated rings. The lowest BCUT2D eigenvalue weighted by Crippen LogP contribution is -2.46. The molecule has 35 heavy (non-hydrogen) atoms. The van der Waals surface area contributed by atoms with Crippen LogP contribution in [-0.2, 0) is 11.2 Å². The number of carbonyl (C=O) groups is 2. The summed E-state index contributed by atoms with van der Waals surface area (Å²) in [5.41, 5.74) is 1.41. The van der Waals surface area contributed by atoms with Gasteiger partial charge in [0.25, 0.3) is 5.91 Å². The maximum atomic E-state index is 13.2. The Morgan fingerprint density at radius 1 is 1.00 bits per heavy atom. The van der Waals surface area contributed by atoms with Gasteiger partial charge in [0.05, 0.1) is 18.0 Å². The van der Waals surface area contributed by atoms with Gasteiger partial charge in [-0.1, -0.05) is 42.5 Å². The number of ether oxygens (including phenoxy) is 1. The molecule has 1 aliphatic heterocycles. The van der Waals surface area contributed by atoms with Crippen molar-refractivity contribution in [1.82, 2.24) is 9.80 Å². The molecule has 0 spiro atoms. The van der Waals surface area contributed by atoms with Crippen LogP contribution >= 0.6 is 0 Å². The Labute approximate surface area is 204 Å². The summed E-state index contributed by atoms with van der Waals surface area (Å²) in [7, 11) is 0. The second-order valence-electron chi connectivity index (χ2n) is 8.80. The third kappa shape index (κ3) is 8.01. The van der Waals surface area contributed by atoms with E-state index in [9.17, 15) is 22.8 Å². The van der Waals surface area contributed by atoms with E-state index >= 15 is 0 Å². The van der Waals surface area contributed by atoms with Crippen LogP contribution in [-0.4, -0.2) is 60.1 Å². The van der Waals surface area contributed by atoms with Crippen molar-refractivity contribution in [2.45, 2.75) is 57.7 Å². The number of para-hydroxylation sites is 1. The third-order valence-electron chi connectivity index (χ3n) is 6.24. The lowest BCUT2D eigenvalue weighted by atomic mass is 10.0. The van der Waals surface area contributed by atoms with Gasteiger partial charge in [0.1, 0.15) is 12.4 Å². The fraction of sp³-hybridized carbons (Fsp3) is 0.481. The van der Waals surface area contributed by atoms with Crippen molar-refractivity contribution in [3.63, 3.8) is 0 Å². The summed E-state index contributed by atoms with van der Waals surface area (Å²) in [6, 6.07) is 16.0. The molecule has 2 aromatic rings. The van der Waals surface area contributed by atoms with Gasteiger partial charge in [-0.25, -0.2) is 0 Å². The fourth-order valence-corrected chi connectivity index (χ4v) is 4.34. The summed E-state index contributed by atoms with van der Waals surface area (Å²) in [6.07, 6.45) is -3.55. The number of hydrogen-bond acceptors (Lipinski definition) is 3. The van der Waals surface area contributed by atoms with Crippen molar-refractivity contribution < 1.29 is 27.5 Å². The molecule has 3 rings (SSSR count). The van der Waals surface area contributed by atoms with Crippen LogP contribution in [0.2, 0.25) is 0 Å². The zero-order valence-corrected chi connectivity index (χ0v) is 20.1. The van der Waals surface area contributed by atoms with E-state index < -0.39 is 31.0 Å². The highest BCUT2D eigenvalue weighted by atomic mass is 19.4. The number of hydrogen-bond donors (Lipinski definition) is 0. The minimum atomic E-state index is -4.39. The van der Waals surface area contributed by atoms with Crippen LogP contribution in [0, 0.1) is 0 Å². The average Bonchev–Trinajstić information content (AvgIpc) is 2.85. The van der Waals surface area contributed by atoms with Gasteiger partial charge < -0.3 is 14.5 Å². The van der Waals surface area contributed by atoms with Crippen LogP contribution in [0.25, 0.3) is 0 Å². The molecule has 1 heterocycles. The molecule has 190 valence electrons. The number of fused-ring (bicyclic) bond motifs is 1. The molecule has 0 radical (unpaired) electrons. The Bertz CT molecular complexity index is 966. The average molecular weight is 491 g/mol. The van der Waals surface area contributed by atoms with Crippen LogP contribution < -0.4 is 4.74 Å². The first-order valence-electron chi connectivity index (χ1n) is 12.2. The summed E-state index contributed by atoms with van der Waals surface area (Å²) < 4.78 is 44.7. The molecule has 1 atom stereocenters. The molecule has 0 saturated heterocycles. The molecule has 0 N–H and O–H groups in total. The zero-order valence-electron chi connectivity index (χ0n) is 20.1. The van der Waals surface area contributed by atoms with Gasteiger partial charge in [-0.2, -0.15) is 13.2 Å². The molecule has 1 aliphatic rings. The molecule has 0 bridgehead atoms. The minimum Gasteiger partial charge on any atom is -0.491 e. The fourth-order valence-electron chi connectivity index (χ4n) is 4.34. The minimum absolute atomic E-state index is 0.0725. The van der Waals surface area contributed by atoms with Crippen LogP contribution in [0.15, 0.2) is 54.6 Å². The highest BCUT2D eigenvalue weighted by Crippen LogP contribution is 2.25. The maximum Gasteiger partial charge on any atom is 0.389 e. The van der Waals surface area contributed by atoms with Crippen molar-refractivity contribution in [2.75, 3.05) is 26.2 Å². The quantitative estimate of drug-likeness (QED) is 0.557. The summed E-state index contributed by atoms with van der Waals surface area (Å²) >= 11 is 0. The summed E-state index contributed by atoms with van der Waals surface area (Å²) in [5, 5.41) is 0. The van der Waals surface area contributed by atoms with Gasteiger partial charge >= 0.3 is 6.18 Å². The predicted octanol–water partition coefficient (Wildman–Crippen LogP) is 5.49. The second-order valence-corrected chi connectivity index (χ2v) is 8.80. The standard InChI is InChI=1S/C27H33F3N2O3/c1-2-31-17-9-4-10-18-32(25(33)15-16-27(28,29)30)22(19-21-11-5-3-6-12-21)20-35-24-14-8-7-13-23(24)26(31)34/h3,5-8,11-14,22H,2,4,9-10,15-20H2,1H3/t22-/m0/s1. The van der Waals surface area contributed by atoms with E-state index in [0.717, 1.165) is 18.4 Å². The molecule has 0 aromatic heterocycles. The number of rotatable bonds is 5. The van der Waals surface area contributed by atoms with Gasteiger partial charge in [0, 0.05) is 26.1 Å². The summed E-state index contributed by atoms with van der Waals surface area (Å²) in [5.74, 6) is -0.225. The molecule has 0 unspecified atom stereocenters. The molecule has 0 saturated carbocycles. The molecule has 5 nitrogen and oxygen atoms in total. The van der Waals surface area contributed by atoms with Crippen LogP contribution in [0.1, 0.15) is 54.9 Å². The van der Waals surface area contributed by atoms with E-state index in [1.165, 1.54) is 0 Å². The van der Waals surface area contributed by atoms with Crippen molar-refractivity contribution >= 4 is 11.8 Å². The lowest BCUT2D eigenvalue weighted by Gasteiger charge is -2.32. The molecule has 2 amide bonds. The third-order valence-corrected chi connectivity index (χ3v) is 6.24.